The lowest BCUT2D eigenvalue weighted by atomic mass is 9.78. The molecule has 4 aromatic carbocycles. The third kappa shape index (κ3) is 2.41. The van der Waals surface area contributed by atoms with E-state index in [2.05, 4.69) is 82.3 Å². The van der Waals surface area contributed by atoms with Crippen LogP contribution < -0.4 is 5.46 Å². The Kier molecular flexibility index (Phi) is 3.52. The minimum absolute atomic E-state index is 0.364. The number of benzene rings is 4. The monoisotopic (exact) mass is 394 g/mol. The molecule has 2 heterocycles. The van der Waals surface area contributed by atoms with Crippen molar-refractivity contribution in [3.8, 4) is 0 Å². The fraction of sp³-hybridized carbons (Fsp3) is 0.231. The molecule has 0 bridgehead atoms. The standard InChI is InChI=1S/C26H23BO3/c1-25(2)26(3,4)30-27(29-25)17-10-13-22-21(15-17)24-20-11-9-16-7-5-6-8-18(16)19(20)12-14-23(24)28-22/h5-15H,1-4H3. The molecule has 1 fully saturated rings. The van der Waals surface area contributed by atoms with Gasteiger partial charge in [0.1, 0.15) is 11.2 Å². The van der Waals surface area contributed by atoms with Crippen LogP contribution in [0.1, 0.15) is 27.7 Å². The van der Waals surface area contributed by atoms with Crippen LogP contribution in [0.3, 0.4) is 0 Å². The lowest BCUT2D eigenvalue weighted by Gasteiger charge is -2.32. The van der Waals surface area contributed by atoms with E-state index in [0.717, 1.165) is 27.4 Å². The molecule has 3 nitrogen and oxygen atoms in total. The van der Waals surface area contributed by atoms with Gasteiger partial charge in [-0.15, -0.1) is 0 Å². The molecule has 1 aromatic heterocycles. The lowest BCUT2D eigenvalue weighted by Crippen LogP contribution is -2.41. The Morgan fingerprint density at radius 1 is 0.633 bits per heavy atom. The van der Waals surface area contributed by atoms with Gasteiger partial charge in [-0.3, -0.25) is 0 Å². The maximum Gasteiger partial charge on any atom is 0.494 e. The van der Waals surface area contributed by atoms with Crippen molar-refractivity contribution < 1.29 is 13.7 Å². The number of furan rings is 1. The number of fused-ring (bicyclic) bond motifs is 7. The first-order chi connectivity index (χ1) is 14.3. The highest BCUT2D eigenvalue weighted by Crippen LogP contribution is 2.39. The molecule has 30 heavy (non-hydrogen) atoms. The first kappa shape index (κ1) is 18.0. The number of hydrogen-bond acceptors (Lipinski definition) is 3. The average molecular weight is 394 g/mol. The molecule has 1 aliphatic heterocycles. The van der Waals surface area contributed by atoms with Crippen molar-refractivity contribution in [1.29, 1.82) is 0 Å². The second kappa shape index (κ2) is 5.87. The minimum atomic E-state index is -0.389. The van der Waals surface area contributed by atoms with Crippen molar-refractivity contribution in [3.63, 3.8) is 0 Å². The molecule has 0 N–H and O–H groups in total. The van der Waals surface area contributed by atoms with Crippen LogP contribution in [-0.2, 0) is 9.31 Å². The normalized spacial score (nSPS) is 18.2. The van der Waals surface area contributed by atoms with Gasteiger partial charge in [0.2, 0.25) is 0 Å². The fourth-order valence-corrected chi connectivity index (χ4v) is 4.51. The van der Waals surface area contributed by atoms with Crippen LogP contribution in [-0.4, -0.2) is 18.3 Å². The van der Waals surface area contributed by atoms with Crippen molar-refractivity contribution in [2.45, 2.75) is 38.9 Å². The van der Waals surface area contributed by atoms with E-state index in [1.54, 1.807) is 0 Å². The summed E-state index contributed by atoms with van der Waals surface area (Å²) in [6.45, 7) is 8.32. The first-order valence-corrected chi connectivity index (χ1v) is 10.5. The quantitative estimate of drug-likeness (QED) is 0.251. The lowest BCUT2D eigenvalue weighted by molar-refractivity contribution is 0.00578. The zero-order valence-corrected chi connectivity index (χ0v) is 17.7. The zero-order valence-electron chi connectivity index (χ0n) is 17.7. The summed E-state index contributed by atoms with van der Waals surface area (Å²) >= 11 is 0. The van der Waals surface area contributed by atoms with E-state index < -0.39 is 0 Å². The van der Waals surface area contributed by atoms with E-state index in [-0.39, 0.29) is 18.3 Å². The molecule has 0 aliphatic carbocycles. The Morgan fingerprint density at radius 3 is 2.13 bits per heavy atom. The maximum atomic E-state index is 6.28. The molecule has 0 unspecified atom stereocenters. The third-order valence-corrected chi connectivity index (χ3v) is 6.91. The SMILES string of the molecule is CC1(C)OB(c2ccc3oc4ccc5c6ccccc6ccc5c4c3c2)OC1(C)C. The van der Waals surface area contributed by atoms with Crippen molar-refractivity contribution in [2.75, 3.05) is 0 Å². The van der Waals surface area contributed by atoms with Crippen LogP contribution in [0.25, 0.3) is 43.5 Å². The van der Waals surface area contributed by atoms with Crippen LogP contribution in [0.5, 0.6) is 0 Å². The molecule has 148 valence electrons. The van der Waals surface area contributed by atoms with E-state index in [1.807, 2.05) is 12.1 Å². The smallest absolute Gasteiger partial charge is 0.456 e. The van der Waals surface area contributed by atoms with Crippen LogP contribution in [0, 0.1) is 0 Å². The van der Waals surface area contributed by atoms with E-state index >= 15 is 0 Å². The molecule has 5 aromatic rings. The predicted octanol–water partition coefficient (Wildman–Crippen LogP) is 6.19. The van der Waals surface area contributed by atoms with Crippen molar-refractivity contribution in [2.24, 2.45) is 0 Å². The second-order valence-corrected chi connectivity index (χ2v) is 9.27. The largest absolute Gasteiger partial charge is 0.494 e. The highest BCUT2D eigenvalue weighted by molar-refractivity contribution is 6.62. The van der Waals surface area contributed by atoms with Gasteiger partial charge in [-0.1, -0.05) is 54.6 Å². The van der Waals surface area contributed by atoms with E-state index in [9.17, 15) is 0 Å². The van der Waals surface area contributed by atoms with Gasteiger partial charge in [-0.05, 0) is 66.8 Å². The van der Waals surface area contributed by atoms with Crippen molar-refractivity contribution in [1.82, 2.24) is 0 Å². The van der Waals surface area contributed by atoms with E-state index in [1.165, 1.54) is 21.5 Å². The summed E-state index contributed by atoms with van der Waals surface area (Å²) < 4.78 is 18.8. The molecule has 6 rings (SSSR count). The zero-order chi connectivity index (χ0) is 20.7. The summed E-state index contributed by atoms with van der Waals surface area (Å²) in [5.41, 5.74) is 2.07. The fourth-order valence-electron chi connectivity index (χ4n) is 4.51. The van der Waals surface area contributed by atoms with Crippen LogP contribution in [0.4, 0.5) is 0 Å². The Hall–Kier alpha value is -2.82. The van der Waals surface area contributed by atoms with Crippen LogP contribution >= 0.6 is 0 Å². The molecular weight excluding hydrogens is 371 g/mol. The molecule has 0 spiro atoms. The number of rotatable bonds is 1. The molecule has 0 atom stereocenters. The van der Waals surface area contributed by atoms with Gasteiger partial charge < -0.3 is 13.7 Å². The summed E-state index contributed by atoms with van der Waals surface area (Å²) in [4.78, 5) is 0. The maximum absolute atomic E-state index is 6.28. The van der Waals surface area contributed by atoms with Gasteiger partial charge in [0.15, 0.2) is 0 Å². The molecule has 0 saturated carbocycles. The Bertz CT molecular complexity index is 1450. The van der Waals surface area contributed by atoms with Crippen molar-refractivity contribution >= 4 is 56.1 Å². The minimum Gasteiger partial charge on any atom is -0.456 e. The third-order valence-electron chi connectivity index (χ3n) is 6.91. The Labute approximate surface area is 175 Å². The number of hydrogen-bond donors (Lipinski definition) is 0. The van der Waals surface area contributed by atoms with Gasteiger partial charge in [-0.25, -0.2) is 0 Å². The molecule has 4 heteroatoms. The summed E-state index contributed by atoms with van der Waals surface area (Å²) in [6, 6.07) is 23.4. The molecule has 1 saturated heterocycles. The van der Waals surface area contributed by atoms with Gasteiger partial charge >= 0.3 is 7.12 Å². The molecular formula is C26H23BO3. The second-order valence-electron chi connectivity index (χ2n) is 9.27. The molecule has 0 radical (unpaired) electrons. The first-order valence-electron chi connectivity index (χ1n) is 10.5. The van der Waals surface area contributed by atoms with Crippen LogP contribution in [0.2, 0.25) is 0 Å². The van der Waals surface area contributed by atoms with Crippen molar-refractivity contribution in [3.05, 3.63) is 66.7 Å². The van der Waals surface area contributed by atoms with Gasteiger partial charge in [0.05, 0.1) is 11.2 Å². The topological polar surface area (TPSA) is 31.6 Å². The summed E-state index contributed by atoms with van der Waals surface area (Å²) in [5, 5.41) is 7.19. The summed E-state index contributed by atoms with van der Waals surface area (Å²) in [7, 11) is -0.389. The molecule has 1 aliphatic rings. The highest BCUT2D eigenvalue weighted by Gasteiger charge is 2.51. The van der Waals surface area contributed by atoms with E-state index in [0.29, 0.717) is 0 Å². The predicted molar refractivity (Wildman–Crippen MR) is 124 cm³/mol. The van der Waals surface area contributed by atoms with Crippen LogP contribution in [0.15, 0.2) is 71.1 Å². The average Bonchev–Trinajstić information content (AvgIpc) is 3.20. The highest BCUT2D eigenvalue weighted by atomic mass is 16.7. The van der Waals surface area contributed by atoms with Gasteiger partial charge in [0.25, 0.3) is 0 Å². The molecule has 0 amide bonds. The Morgan fingerprint density at radius 2 is 1.33 bits per heavy atom. The van der Waals surface area contributed by atoms with Gasteiger partial charge in [-0.2, -0.15) is 0 Å². The summed E-state index contributed by atoms with van der Waals surface area (Å²) in [6.07, 6.45) is 0. The summed E-state index contributed by atoms with van der Waals surface area (Å²) in [5.74, 6) is 0. The van der Waals surface area contributed by atoms with E-state index in [4.69, 9.17) is 13.7 Å². The Balaban J connectivity index is 1.60. The van der Waals surface area contributed by atoms with Gasteiger partial charge in [0, 0.05) is 10.8 Å².